The van der Waals surface area contributed by atoms with Crippen LogP contribution < -0.4 is 0 Å². The van der Waals surface area contributed by atoms with Crippen molar-refractivity contribution in [3.8, 4) is 0 Å². The van der Waals surface area contributed by atoms with Gasteiger partial charge in [-0.3, -0.25) is 37.3 Å². The summed E-state index contributed by atoms with van der Waals surface area (Å²) < 4.78 is 68.4. The lowest BCUT2D eigenvalue weighted by atomic mass is 10.0. The molecular formula is C79H154O17P2. The third-order valence-corrected chi connectivity index (χ3v) is 20.5. The number of hydrogen-bond donors (Lipinski definition) is 3. The molecule has 2 unspecified atom stereocenters. The van der Waals surface area contributed by atoms with Crippen LogP contribution in [0, 0.1) is 0 Å². The largest absolute Gasteiger partial charge is 0.472 e. The average molecular weight is 1440 g/mol. The van der Waals surface area contributed by atoms with Crippen molar-refractivity contribution in [2.75, 3.05) is 39.6 Å². The van der Waals surface area contributed by atoms with E-state index >= 15 is 0 Å². The summed E-state index contributed by atoms with van der Waals surface area (Å²) in [7, 11) is -9.90. The molecule has 0 aromatic heterocycles. The van der Waals surface area contributed by atoms with E-state index in [-0.39, 0.29) is 25.7 Å². The lowest BCUT2D eigenvalue weighted by Crippen LogP contribution is -2.30. The normalized spacial score (nSPS) is 13.8. The van der Waals surface area contributed by atoms with Crippen molar-refractivity contribution in [2.45, 2.75) is 444 Å². The third kappa shape index (κ3) is 72.4. The van der Waals surface area contributed by atoms with Crippen LogP contribution in [0.4, 0.5) is 0 Å². The second-order valence-corrected chi connectivity index (χ2v) is 31.4. The molecule has 0 aromatic carbocycles. The fourth-order valence-electron chi connectivity index (χ4n) is 12.3. The van der Waals surface area contributed by atoms with E-state index in [0.29, 0.717) is 25.7 Å². The first-order chi connectivity index (χ1) is 47.7. The Morgan fingerprint density at radius 1 is 0.245 bits per heavy atom. The number of phosphoric acid groups is 2. The summed E-state index contributed by atoms with van der Waals surface area (Å²) in [6.07, 6.45) is 65.7. The second-order valence-electron chi connectivity index (χ2n) is 28.5. The van der Waals surface area contributed by atoms with Gasteiger partial charge >= 0.3 is 39.5 Å². The molecule has 0 saturated heterocycles. The number of unbranched alkanes of at least 4 members (excludes halogenated alkanes) is 54. The minimum Gasteiger partial charge on any atom is -0.462 e. The monoisotopic (exact) mass is 1440 g/mol. The SMILES string of the molecule is CCCCCCCCCCCCCCCCCCCCCCCCC(=O)O[C@H](COC(=O)CCCCCCCCCCCCCCCCCCCCCC)COP(=O)(O)OC[C@@H](O)COP(=O)(O)OC[C@@H](COC(=O)CCCCCCCCC)OC(=O)CCCCCCCCCCC. The average Bonchev–Trinajstić information content (AvgIpc) is 1.09. The molecule has 582 valence electrons. The Labute approximate surface area is 600 Å². The van der Waals surface area contributed by atoms with Crippen molar-refractivity contribution in [1.29, 1.82) is 0 Å². The number of esters is 4. The van der Waals surface area contributed by atoms with Gasteiger partial charge in [0.25, 0.3) is 0 Å². The van der Waals surface area contributed by atoms with E-state index in [1.54, 1.807) is 0 Å². The van der Waals surface area contributed by atoms with Crippen LogP contribution >= 0.6 is 15.6 Å². The quantitative estimate of drug-likeness (QED) is 0.0222. The van der Waals surface area contributed by atoms with E-state index in [0.717, 1.165) is 103 Å². The van der Waals surface area contributed by atoms with E-state index < -0.39 is 97.5 Å². The fourth-order valence-corrected chi connectivity index (χ4v) is 13.9. The molecule has 19 heteroatoms. The van der Waals surface area contributed by atoms with Crippen LogP contribution in [0.3, 0.4) is 0 Å². The maximum atomic E-state index is 13.1. The molecule has 5 atom stereocenters. The zero-order valence-electron chi connectivity index (χ0n) is 63.8. The van der Waals surface area contributed by atoms with E-state index in [2.05, 4.69) is 27.7 Å². The Kier molecular flexibility index (Phi) is 71.9. The molecule has 0 fully saturated rings. The zero-order valence-corrected chi connectivity index (χ0v) is 65.6. The topological polar surface area (TPSA) is 237 Å². The summed E-state index contributed by atoms with van der Waals surface area (Å²) in [6, 6.07) is 0. The first-order valence-corrected chi connectivity index (χ1v) is 44.3. The molecule has 0 aliphatic carbocycles. The molecular weight excluding hydrogens is 1280 g/mol. The van der Waals surface area contributed by atoms with Gasteiger partial charge in [-0.2, -0.15) is 0 Å². The maximum Gasteiger partial charge on any atom is 0.472 e. The van der Waals surface area contributed by atoms with Crippen molar-refractivity contribution < 1.29 is 80.2 Å². The number of ether oxygens (including phenoxy) is 4. The van der Waals surface area contributed by atoms with Crippen molar-refractivity contribution in [3.05, 3.63) is 0 Å². The first-order valence-electron chi connectivity index (χ1n) is 41.3. The van der Waals surface area contributed by atoms with Gasteiger partial charge < -0.3 is 33.8 Å². The number of hydrogen-bond acceptors (Lipinski definition) is 15. The number of aliphatic hydroxyl groups is 1. The highest BCUT2D eigenvalue weighted by Gasteiger charge is 2.30. The molecule has 0 rings (SSSR count). The first kappa shape index (κ1) is 96.1. The van der Waals surface area contributed by atoms with Crippen LogP contribution in [-0.2, 0) is 65.4 Å². The third-order valence-electron chi connectivity index (χ3n) is 18.6. The highest BCUT2D eigenvalue weighted by atomic mass is 31.2. The molecule has 0 saturated carbocycles. The van der Waals surface area contributed by atoms with Crippen LogP contribution in [0.15, 0.2) is 0 Å². The maximum absolute atomic E-state index is 13.1. The van der Waals surface area contributed by atoms with Gasteiger partial charge in [0.15, 0.2) is 12.2 Å². The van der Waals surface area contributed by atoms with Crippen molar-refractivity contribution in [2.24, 2.45) is 0 Å². The smallest absolute Gasteiger partial charge is 0.462 e. The molecule has 17 nitrogen and oxygen atoms in total. The minimum absolute atomic E-state index is 0.106. The minimum atomic E-state index is -4.96. The van der Waals surface area contributed by atoms with E-state index in [1.165, 1.54) is 244 Å². The number of phosphoric ester groups is 2. The van der Waals surface area contributed by atoms with E-state index in [1.807, 2.05) is 0 Å². The zero-order chi connectivity index (χ0) is 71.8. The highest BCUT2D eigenvalue weighted by molar-refractivity contribution is 7.47. The van der Waals surface area contributed by atoms with Crippen LogP contribution in [0.2, 0.25) is 0 Å². The fraction of sp³-hybridized carbons (Fsp3) is 0.949. The Morgan fingerprint density at radius 2 is 0.408 bits per heavy atom. The van der Waals surface area contributed by atoms with Gasteiger partial charge in [0.2, 0.25) is 0 Å². The summed E-state index contributed by atoms with van der Waals surface area (Å²) >= 11 is 0. The molecule has 3 N–H and O–H groups in total. The molecule has 0 amide bonds. The summed E-state index contributed by atoms with van der Waals surface area (Å²) in [5.74, 6) is -2.12. The lowest BCUT2D eigenvalue weighted by molar-refractivity contribution is -0.161. The number of rotatable bonds is 80. The summed E-state index contributed by atoms with van der Waals surface area (Å²) in [5.41, 5.74) is 0. The van der Waals surface area contributed by atoms with Crippen molar-refractivity contribution in [1.82, 2.24) is 0 Å². The van der Waals surface area contributed by atoms with Crippen LogP contribution in [-0.4, -0.2) is 96.7 Å². The van der Waals surface area contributed by atoms with Gasteiger partial charge in [0.05, 0.1) is 26.4 Å². The van der Waals surface area contributed by atoms with Gasteiger partial charge in [-0.05, 0) is 25.7 Å². The van der Waals surface area contributed by atoms with Gasteiger partial charge in [0, 0.05) is 25.7 Å². The standard InChI is InChI=1S/C79H154O17P2/c1-5-9-13-17-21-24-26-28-30-32-34-36-37-39-41-43-45-47-50-54-58-62-66-79(84)96-75(70-90-77(82)64-60-56-52-49-46-44-42-40-38-35-33-31-29-27-25-22-18-14-10-6-2)72-94-98(87,88)92-68-73(80)67-91-97(85,86)93-71-74(69-89-76(81)63-59-55-51-20-16-12-8-4)95-78(83)65-61-57-53-48-23-19-15-11-7-3/h73-75,80H,5-72H2,1-4H3,(H,85,86)(H,87,88)/t73-,74+,75+/m0/s1. The molecule has 0 aliphatic heterocycles. The molecule has 98 heavy (non-hydrogen) atoms. The number of aliphatic hydroxyl groups excluding tert-OH is 1. The summed E-state index contributed by atoms with van der Waals surface area (Å²) in [4.78, 5) is 72.6. The van der Waals surface area contributed by atoms with Crippen LogP contribution in [0.5, 0.6) is 0 Å². The molecule has 0 spiro atoms. The van der Waals surface area contributed by atoms with E-state index in [9.17, 15) is 43.2 Å². The van der Waals surface area contributed by atoms with Gasteiger partial charge in [-0.1, -0.05) is 374 Å². The second kappa shape index (κ2) is 73.4. The van der Waals surface area contributed by atoms with Crippen LogP contribution in [0.25, 0.3) is 0 Å². The van der Waals surface area contributed by atoms with Gasteiger partial charge in [-0.25, -0.2) is 9.13 Å². The predicted octanol–water partition coefficient (Wildman–Crippen LogP) is 23.8. The van der Waals surface area contributed by atoms with Crippen molar-refractivity contribution in [3.63, 3.8) is 0 Å². The summed E-state index contributed by atoms with van der Waals surface area (Å²) in [6.45, 7) is 4.94. The van der Waals surface area contributed by atoms with Crippen LogP contribution in [0.1, 0.15) is 426 Å². The Hall–Kier alpha value is -1.94. The summed E-state index contributed by atoms with van der Waals surface area (Å²) in [5, 5.41) is 10.6. The highest BCUT2D eigenvalue weighted by Crippen LogP contribution is 2.45. The number of carbonyl (C=O) groups excluding carboxylic acids is 4. The lowest BCUT2D eigenvalue weighted by Gasteiger charge is -2.21. The Bertz CT molecular complexity index is 1860. The molecule has 0 aliphatic rings. The number of carbonyl (C=O) groups is 4. The molecule has 0 radical (unpaired) electrons. The van der Waals surface area contributed by atoms with E-state index in [4.69, 9.17) is 37.0 Å². The predicted molar refractivity (Wildman–Crippen MR) is 400 cm³/mol. The molecule has 0 aromatic rings. The van der Waals surface area contributed by atoms with Gasteiger partial charge in [-0.15, -0.1) is 0 Å². The van der Waals surface area contributed by atoms with Crippen molar-refractivity contribution >= 4 is 39.5 Å². The molecule has 0 heterocycles. The Balaban J connectivity index is 5.11. The Morgan fingerprint density at radius 3 is 0.602 bits per heavy atom. The van der Waals surface area contributed by atoms with Gasteiger partial charge in [0.1, 0.15) is 19.3 Å². The molecule has 0 bridgehead atoms.